The van der Waals surface area contributed by atoms with Crippen LogP contribution in [0.5, 0.6) is 0 Å². The maximum Gasteiger partial charge on any atom is 0.110 e. The Hall–Kier alpha value is -1.69. The Balaban J connectivity index is 1.69. The molecule has 5 heteroatoms. The molecule has 1 fully saturated rings. The number of benzene rings is 1. The van der Waals surface area contributed by atoms with Crippen LogP contribution in [0.25, 0.3) is 5.69 Å². The zero-order valence-corrected chi connectivity index (χ0v) is 13.1. The molecule has 22 heavy (non-hydrogen) atoms. The number of β-amino-alcohol motifs (C(OH)–C–C–N with tert-alkyl or cyclic N) is 1. The summed E-state index contributed by atoms with van der Waals surface area (Å²) in [4.78, 5) is 9.27. The predicted octanol–water partition coefficient (Wildman–Crippen LogP) is 1.29. The Morgan fingerprint density at radius 1 is 1.05 bits per heavy atom. The van der Waals surface area contributed by atoms with Gasteiger partial charge in [0.1, 0.15) is 5.82 Å². The number of para-hydroxylation sites is 1. The van der Waals surface area contributed by atoms with Gasteiger partial charge in [-0.15, -0.1) is 0 Å². The van der Waals surface area contributed by atoms with Gasteiger partial charge in [-0.2, -0.15) is 0 Å². The number of imidazole rings is 1. The van der Waals surface area contributed by atoms with Crippen molar-refractivity contribution < 1.29 is 5.11 Å². The zero-order chi connectivity index (χ0) is 15.4. The lowest BCUT2D eigenvalue weighted by Crippen LogP contribution is -2.46. The van der Waals surface area contributed by atoms with E-state index in [1.54, 1.807) is 0 Å². The Bertz CT molecular complexity index is 588. The third-order valence-electron chi connectivity index (χ3n) is 4.29. The summed E-state index contributed by atoms with van der Waals surface area (Å²) in [5.74, 6) is 1.03. The lowest BCUT2D eigenvalue weighted by atomic mass is 10.2. The molecule has 1 N–H and O–H groups in total. The molecule has 2 aromatic rings. The normalized spacial score (nSPS) is 17.0. The quantitative estimate of drug-likeness (QED) is 0.904. The van der Waals surface area contributed by atoms with E-state index in [1.807, 2.05) is 12.3 Å². The van der Waals surface area contributed by atoms with Crippen LogP contribution in [0.4, 0.5) is 0 Å². The summed E-state index contributed by atoms with van der Waals surface area (Å²) in [6.07, 6.45) is 1.99. The van der Waals surface area contributed by atoms with Crippen molar-refractivity contribution in [1.29, 1.82) is 0 Å². The van der Waals surface area contributed by atoms with Crippen LogP contribution >= 0.6 is 0 Å². The summed E-state index contributed by atoms with van der Waals surface area (Å²) in [5, 5.41) is 9.02. The molecule has 0 amide bonds. The lowest BCUT2D eigenvalue weighted by molar-refractivity contribution is 0.107. The number of rotatable bonds is 5. The molecular weight excluding hydrogens is 276 g/mol. The van der Waals surface area contributed by atoms with E-state index in [0.29, 0.717) is 0 Å². The van der Waals surface area contributed by atoms with Gasteiger partial charge in [-0.3, -0.25) is 14.4 Å². The highest BCUT2D eigenvalue weighted by atomic mass is 16.3. The van der Waals surface area contributed by atoms with Crippen molar-refractivity contribution in [3.63, 3.8) is 0 Å². The van der Waals surface area contributed by atoms with Gasteiger partial charge in [0.05, 0.1) is 18.5 Å². The summed E-state index contributed by atoms with van der Waals surface area (Å²) >= 11 is 0. The second-order valence-corrected chi connectivity index (χ2v) is 5.81. The molecule has 2 heterocycles. The van der Waals surface area contributed by atoms with Crippen LogP contribution in [0.15, 0.2) is 36.5 Å². The SMILES string of the molecule is Cc1ncc(CN2CCN(CCO)CC2)n1-c1ccccc1. The van der Waals surface area contributed by atoms with E-state index in [9.17, 15) is 0 Å². The van der Waals surface area contributed by atoms with E-state index in [2.05, 4.69) is 50.5 Å². The Kier molecular flexibility index (Phi) is 4.87. The van der Waals surface area contributed by atoms with E-state index >= 15 is 0 Å². The Morgan fingerprint density at radius 3 is 2.41 bits per heavy atom. The van der Waals surface area contributed by atoms with Gasteiger partial charge in [0.15, 0.2) is 0 Å². The number of aryl methyl sites for hydroxylation is 1. The number of hydrogen-bond donors (Lipinski definition) is 1. The number of hydrogen-bond acceptors (Lipinski definition) is 4. The molecule has 1 aliphatic heterocycles. The second-order valence-electron chi connectivity index (χ2n) is 5.81. The third-order valence-corrected chi connectivity index (χ3v) is 4.29. The molecular formula is C17H24N4O. The fourth-order valence-corrected chi connectivity index (χ4v) is 3.07. The molecule has 0 saturated carbocycles. The van der Waals surface area contributed by atoms with Crippen molar-refractivity contribution in [3.8, 4) is 5.69 Å². The Labute approximate surface area is 131 Å². The van der Waals surface area contributed by atoms with Crippen molar-refractivity contribution in [1.82, 2.24) is 19.4 Å². The molecule has 5 nitrogen and oxygen atoms in total. The molecule has 1 aromatic carbocycles. The van der Waals surface area contributed by atoms with Gasteiger partial charge >= 0.3 is 0 Å². The van der Waals surface area contributed by atoms with Gasteiger partial charge in [-0.1, -0.05) is 18.2 Å². The summed E-state index contributed by atoms with van der Waals surface area (Å²) in [6, 6.07) is 10.4. The van der Waals surface area contributed by atoms with Gasteiger partial charge in [0, 0.05) is 45.0 Å². The van der Waals surface area contributed by atoms with Crippen LogP contribution in [-0.2, 0) is 6.54 Å². The van der Waals surface area contributed by atoms with Gasteiger partial charge < -0.3 is 5.11 Å². The van der Waals surface area contributed by atoms with Gasteiger partial charge in [-0.25, -0.2) is 4.98 Å². The highest BCUT2D eigenvalue weighted by molar-refractivity contribution is 5.35. The van der Waals surface area contributed by atoms with Crippen LogP contribution in [0.3, 0.4) is 0 Å². The summed E-state index contributed by atoms with van der Waals surface area (Å²) in [5.41, 5.74) is 2.41. The number of nitrogens with zero attached hydrogens (tertiary/aromatic N) is 4. The van der Waals surface area contributed by atoms with Crippen molar-refractivity contribution in [3.05, 3.63) is 48.0 Å². The number of piperazine rings is 1. The first-order valence-electron chi connectivity index (χ1n) is 7.92. The van der Waals surface area contributed by atoms with E-state index < -0.39 is 0 Å². The lowest BCUT2D eigenvalue weighted by Gasteiger charge is -2.34. The molecule has 1 saturated heterocycles. The largest absolute Gasteiger partial charge is 0.395 e. The van der Waals surface area contributed by atoms with Crippen molar-refractivity contribution in [2.45, 2.75) is 13.5 Å². The van der Waals surface area contributed by atoms with Crippen LogP contribution in [-0.4, -0.2) is 63.8 Å². The Morgan fingerprint density at radius 2 is 1.73 bits per heavy atom. The van der Waals surface area contributed by atoms with E-state index in [1.165, 1.54) is 11.4 Å². The first-order chi connectivity index (χ1) is 10.8. The molecule has 3 rings (SSSR count). The molecule has 118 valence electrons. The molecule has 0 bridgehead atoms. The molecule has 0 spiro atoms. The minimum atomic E-state index is 0.250. The monoisotopic (exact) mass is 300 g/mol. The molecule has 1 aliphatic rings. The zero-order valence-electron chi connectivity index (χ0n) is 13.1. The third kappa shape index (κ3) is 3.38. The maximum absolute atomic E-state index is 9.02. The average molecular weight is 300 g/mol. The summed E-state index contributed by atoms with van der Waals surface area (Å²) in [7, 11) is 0. The number of aromatic nitrogens is 2. The predicted molar refractivity (Wildman–Crippen MR) is 87.1 cm³/mol. The fourth-order valence-electron chi connectivity index (χ4n) is 3.07. The molecule has 1 aromatic heterocycles. The number of aliphatic hydroxyl groups excluding tert-OH is 1. The summed E-state index contributed by atoms with van der Waals surface area (Å²) < 4.78 is 2.24. The molecule has 0 aliphatic carbocycles. The van der Waals surface area contributed by atoms with Crippen LogP contribution in [0, 0.1) is 6.92 Å². The maximum atomic E-state index is 9.02. The van der Waals surface area contributed by atoms with E-state index in [-0.39, 0.29) is 6.61 Å². The van der Waals surface area contributed by atoms with Gasteiger partial charge in [0.2, 0.25) is 0 Å². The van der Waals surface area contributed by atoms with Crippen LogP contribution < -0.4 is 0 Å². The average Bonchev–Trinajstić information content (AvgIpc) is 2.91. The van der Waals surface area contributed by atoms with Crippen molar-refractivity contribution >= 4 is 0 Å². The first kappa shape index (κ1) is 15.2. The highest BCUT2D eigenvalue weighted by Crippen LogP contribution is 2.16. The molecule has 0 unspecified atom stereocenters. The second kappa shape index (κ2) is 7.05. The van der Waals surface area contributed by atoms with E-state index in [0.717, 1.165) is 45.1 Å². The van der Waals surface area contributed by atoms with Crippen LogP contribution in [0.2, 0.25) is 0 Å². The van der Waals surface area contributed by atoms with Crippen LogP contribution in [0.1, 0.15) is 11.5 Å². The first-order valence-corrected chi connectivity index (χ1v) is 7.92. The standard InChI is InChI=1S/C17H24N4O/c1-15-18-13-17(21(15)16-5-3-2-4-6-16)14-20-9-7-19(8-10-20)11-12-22/h2-6,13,22H,7-12,14H2,1H3. The van der Waals surface area contributed by atoms with E-state index in [4.69, 9.17) is 5.11 Å². The van der Waals surface area contributed by atoms with Crippen molar-refractivity contribution in [2.75, 3.05) is 39.3 Å². The fraction of sp³-hybridized carbons (Fsp3) is 0.471. The highest BCUT2D eigenvalue weighted by Gasteiger charge is 2.18. The smallest absolute Gasteiger partial charge is 0.110 e. The minimum Gasteiger partial charge on any atom is -0.395 e. The van der Waals surface area contributed by atoms with Gasteiger partial charge in [0.25, 0.3) is 0 Å². The molecule has 0 radical (unpaired) electrons. The van der Waals surface area contributed by atoms with Crippen molar-refractivity contribution in [2.24, 2.45) is 0 Å². The molecule has 0 atom stereocenters. The summed E-state index contributed by atoms with van der Waals surface area (Å²) in [6.45, 7) is 8.14. The number of aliphatic hydroxyl groups is 1. The minimum absolute atomic E-state index is 0.250. The topological polar surface area (TPSA) is 44.5 Å². The van der Waals surface area contributed by atoms with Gasteiger partial charge in [-0.05, 0) is 19.1 Å².